The van der Waals surface area contributed by atoms with Crippen LogP contribution >= 0.6 is 15.9 Å². The van der Waals surface area contributed by atoms with E-state index in [4.69, 9.17) is 15.9 Å². The molecule has 0 saturated heterocycles. The van der Waals surface area contributed by atoms with Crippen LogP contribution in [0.15, 0.2) is 47.1 Å². The lowest BCUT2D eigenvalue weighted by atomic mass is 10.2. The summed E-state index contributed by atoms with van der Waals surface area (Å²) in [5, 5.41) is 7.45. The summed E-state index contributed by atoms with van der Waals surface area (Å²) in [7, 11) is 0. The van der Waals surface area contributed by atoms with E-state index in [1.54, 1.807) is 12.3 Å². The van der Waals surface area contributed by atoms with Crippen LogP contribution in [0.2, 0.25) is 0 Å². The van der Waals surface area contributed by atoms with Crippen LogP contribution in [-0.4, -0.2) is 10.8 Å². The molecule has 92 valence electrons. The number of hydrogen-bond acceptors (Lipinski definition) is 3. The Labute approximate surface area is 113 Å². The minimum absolute atomic E-state index is 0.0524. The molecule has 0 atom stereocenters. The lowest BCUT2D eigenvalue weighted by molar-refractivity contribution is 0.305. The van der Waals surface area contributed by atoms with Gasteiger partial charge in [-0.05, 0) is 24.3 Å². The number of halogens is 1. The van der Waals surface area contributed by atoms with Gasteiger partial charge < -0.3 is 10.5 Å². The van der Waals surface area contributed by atoms with E-state index in [1.807, 2.05) is 30.3 Å². The lowest BCUT2D eigenvalue weighted by Crippen LogP contribution is -2.16. The van der Waals surface area contributed by atoms with Gasteiger partial charge in [-0.25, -0.2) is 0 Å². The largest absolute Gasteiger partial charge is 0.489 e. The van der Waals surface area contributed by atoms with E-state index >= 15 is 0 Å². The van der Waals surface area contributed by atoms with Gasteiger partial charge >= 0.3 is 0 Å². The number of nitrogens with zero attached hydrogens (tertiary/aromatic N) is 1. The summed E-state index contributed by atoms with van der Waals surface area (Å²) < 4.78 is 6.60. The summed E-state index contributed by atoms with van der Waals surface area (Å²) in [6.07, 6.45) is 1.61. The first-order valence-corrected chi connectivity index (χ1v) is 6.13. The highest BCUT2D eigenvalue weighted by Gasteiger charge is 2.06. The lowest BCUT2D eigenvalue weighted by Gasteiger charge is -2.09. The minimum atomic E-state index is -0.0524. The summed E-state index contributed by atoms with van der Waals surface area (Å²) in [5.74, 6) is 0.700. The van der Waals surface area contributed by atoms with Crippen LogP contribution in [0.4, 0.5) is 0 Å². The summed E-state index contributed by atoms with van der Waals surface area (Å²) in [6, 6.07) is 11.2. The summed E-state index contributed by atoms with van der Waals surface area (Å²) in [5.41, 5.74) is 6.73. The fraction of sp³-hybridized carbons (Fsp3) is 0.0769. The smallest absolute Gasteiger partial charge is 0.142 e. The molecule has 4 nitrogen and oxygen atoms in total. The molecule has 1 aromatic carbocycles. The zero-order valence-electron chi connectivity index (χ0n) is 9.56. The molecule has 1 heterocycles. The SMILES string of the molecule is N=C(N)c1ncccc1COc1cccc(Br)c1. The number of aromatic nitrogens is 1. The van der Waals surface area contributed by atoms with Crippen LogP contribution in [0, 0.1) is 5.41 Å². The van der Waals surface area contributed by atoms with Crippen molar-refractivity contribution in [3.8, 4) is 5.75 Å². The van der Waals surface area contributed by atoms with Gasteiger partial charge in [-0.3, -0.25) is 10.4 Å². The fourth-order valence-corrected chi connectivity index (χ4v) is 1.89. The van der Waals surface area contributed by atoms with Gasteiger partial charge in [0, 0.05) is 16.2 Å². The van der Waals surface area contributed by atoms with Gasteiger partial charge in [-0.2, -0.15) is 0 Å². The highest BCUT2D eigenvalue weighted by atomic mass is 79.9. The van der Waals surface area contributed by atoms with Crippen molar-refractivity contribution in [2.24, 2.45) is 5.73 Å². The fourth-order valence-electron chi connectivity index (χ4n) is 1.52. The van der Waals surface area contributed by atoms with Crippen molar-refractivity contribution >= 4 is 21.8 Å². The molecule has 3 N–H and O–H groups in total. The van der Waals surface area contributed by atoms with Crippen LogP contribution < -0.4 is 10.5 Å². The molecule has 0 saturated carbocycles. The Balaban J connectivity index is 2.13. The number of nitrogens with one attached hydrogen (secondary N) is 1. The number of rotatable bonds is 4. The Morgan fingerprint density at radius 1 is 1.33 bits per heavy atom. The van der Waals surface area contributed by atoms with Crippen molar-refractivity contribution in [1.82, 2.24) is 4.98 Å². The number of hydrogen-bond donors (Lipinski definition) is 2. The van der Waals surface area contributed by atoms with Gasteiger partial charge in [-0.15, -0.1) is 0 Å². The van der Waals surface area contributed by atoms with Crippen molar-refractivity contribution in [2.75, 3.05) is 0 Å². The van der Waals surface area contributed by atoms with Crippen LogP contribution in [0.3, 0.4) is 0 Å². The maximum Gasteiger partial charge on any atom is 0.142 e. The highest BCUT2D eigenvalue weighted by molar-refractivity contribution is 9.10. The summed E-state index contributed by atoms with van der Waals surface area (Å²) in [6.45, 7) is 0.333. The predicted octanol–water partition coefficient (Wildman–Crippen LogP) is 2.71. The predicted molar refractivity (Wildman–Crippen MR) is 73.7 cm³/mol. The van der Waals surface area contributed by atoms with Crippen LogP contribution in [0.25, 0.3) is 0 Å². The monoisotopic (exact) mass is 305 g/mol. The van der Waals surface area contributed by atoms with E-state index in [0.717, 1.165) is 15.8 Å². The van der Waals surface area contributed by atoms with Crippen molar-refractivity contribution in [2.45, 2.75) is 6.61 Å². The average Bonchev–Trinajstić information content (AvgIpc) is 2.37. The Hall–Kier alpha value is -1.88. The normalized spacial score (nSPS) is 10.1. The van der Waals surface area contributed by atoms with E-state index in [0.29, 0.717) is 12.3 Å². The van der Waals surface area contributed by atoms with E-state index < -0.39 is 0 Å². The van der Waals surface area contributed by atoms with Gasteiger partial charge in [-0.1, -0.05) is 28.1 Å². The highest BCUT2D eigenvalue weighted by Crippen LogP contribution is 2.19. The molecule has 2 aromatic rings. The number of pyridine rings is 1. The van der Waals surface area contributed by atoms with E-state index in [2.05, 4.69) is 20.9 Å². The minimum Gasteiger partial charge on any atom is -0.489 e. The zero-order valence-corrected chi connectivity index (χ0v) is 11.1. The third-order valence-electron chi connectivity index (χ3n) is 2.34. The first kappa shape index (κ1) is 12.6. The van der Waals surface area contributed by atoms with E-state index in [1.165, 1.54) is 0 Å². The molecule has 1 aromatic heterocycles. The number of benzene rings is 1. The molecular weight excluding hydrogens is 294 g/mol. The van der Waals surface area contributed by atoms with Crippen molar-refractivity contribution in [3.05, 3.63) is 58.3 Å². The average molecular weight is 306 g/mol. The van der Waals surface area contributed by atoms with Gasteiger partial charge in [0.1, 0.15) is 23.9 Å². The molecular formula is C13H12BrN3O. The van der Waals surface area contributed by atoms with Crippen molar-refractivity contribution < 1.29 is 4.74 Å². The van der Waals surface area contributed by atoms with Crippen molar-refractivity contribution in [1.29, 1.82) is 5.41 Å². The number of amidine groups is 1. The van der Waals surface area contributed by atoms with Crippen LogP contribution in [0.1, 0.15) is 11.3 Å². The molecule has 5 heteroatoms. The second-order valence-corrected chi connectivity index (χ2v) is 4.59. The Morgan fingerprint density at radius 2 is 2.17 bits per heavy atom. The first-order valence-electron chi connectivity index (χ1n) is 5.33. The second-order valence-electron chi connectivity index (χ2n) is 3.67. The van der Waals surface area contributed by atoms with E-state index in [-0.39, 0.29) is 5.84 Å². The van der Waals surface area contributed by atoms with Gasteiger partial charge in [0.25, 0.3) is 0 Å². The maximum absolute atomic E-state index is 7.45. The van der Waals surface area contributed by atoms with Crippen LogP contribution in [-0.2, 0) is 6.61 Å². The quantitative estimate of drug-likeness (QED) is 0.674. The third kappa shape index (κ3) is 3.07. The van der Waals surface area contributed by atoms with Crippen LogP contribution in [0.5, 0.6) is 5.75 Å². The number of nitrogens with two attached hydrogens (primary N) is 1. The molecule has 18 heavy (non-hydrogen) atoms. The number of ether oxygens (including phenoxy) is 1. The third-order valence-corrected chi connectivity index (χ3v) is 2.83. The number of nitrogen functional groups attached to an aromatic ring is 1. The van der Waals surface area contributed by atoms with Gasteiger partial charge in [0.05, 0.1) is 0 Å². The molecule has 2 rings (SSSR count). The summed E-state index contributed by atoms with van der Waals surface area (Å²) in [4.78, 5) is 4.07. The molecule has 0 radical (unpaired) electrons. The Kier molecular flexibility index (Phi) is 3.94. The standard InChI is InChI=1S/C13H12BrN3O/c14-10-4-1-5-11(7-10)18-8-9-3-2-6-17-12(9)13(15)16/h1-7H,8H2,(H3,15,16). The Morgan fingerprint density at radius 3 is 2.89 bits per heavy atom. The molecule has 0 bridgehead atoms. The van der Waals surface area contributed by atoms with E-state index in [9.17, 15) is 0 Å². The summed E-state index contributed by atoms with van der Waals surface area (Å²) >= 11 is 3.38. The molecule has 0 spiro atoms. The molecule has 0 unspecified atom stereocenters. The van der Waals surface area contributed by atoms with Gasteiger partial charge in [0.15, 0.2) is 0 Å². The van der Waals surface area contributed by atoms with Gasteiger partial charge in [0.2, 0.25) is 0 Å². The second kappa shape index (κ2) is 5.64. The first-order chi connectivity index (χ1) is 8.66. The topological polar surface area (TPSA) is 72.0 Å². The molecule has 0 amide bonds. The zero-order chi connectivity index (χ0) is 13.0. The maximum atomic E-state index is 7.45. The molecule has 0 fully saturated rings. The van der Waals surface area contributed by atoms with Crippen molar-refractivity contribution in [3.63, 3.8) is 0 Å². The molecule has 0 aliphatic heterocycles. The molecule has 0 aliphatic rings. The Bertz CT molecular complexity index is 572. The molecule has 0 aliphatic carbocycles.